The van der Waals surface area contributed by atoms with E-state index in [1.165, 1.54) is 0 Å². The Morgan fingerprint density at radius 2 is 2.50 bits per heavy atom. The zero-order valence-corrected chi connectivity index (χ0v) is 7.00. The van der Waals surface area contributed by atoms with Crippen LogP contribution in [0, 0.1) is 6.92 Å². The van der Waals surface area contributed by atoms with Crippen molar-refractivity contribution in [2.24, 2.45) is 5.73 Å². The van der Waals surface area contributed by atoms with Gasteiger partial charge in [-0.3, -0.25) is 0 Å². The second kappa shape index (κ2) is 3.25. The first-order chi connectivity index (χ1) is 5.59. The molecule has 0 saturated carbocycles. The molecule has 5 nitrogen and oxygen atoms in total. The predicted octanol–water partition coefficient (Wildman–Crippen LogP) is 0.712. The molecule has 0 bridgehead atoms. The molecule has 0 aliphatic rings. The van der Waals surface area contributed by atoms with Crippen molar-refractivity contribution in [2.45, 2.75) is 19.9 Å². The average molecular weight is 169 g/mol. The molecule has 5 heteroatoms. The van der Waals surface area contributed by atoms with Gasteiger partial charge in [-0.15, -0.1) is 0 Å². The SMILES string of the molecule is Cc1cnc(C(C)NC(N)=O)o1. The van der Waals surface area contributed by atoms with Gasteiger partial charge >= 0.3 is 6.03 Å². The van der Waals surface area contributed by atoms with Crippen LogP contribution < -0.4 is 11.1 Å². The molecule has 0 aliphatic heterocycles. The number of carbonyl (C=O) groups excluding carboxylic acids is 1. The number of aromatic nitrogens is 1. The second-order valence-corrected chi connectivity index (χ2v) is 2.54. The number of amides is 2. The number of hydrogen-bond donors (Lipinski definition) is 2. The largest absolute Gasteiger partial charge is 0.444 e. The topological polar surface area (TPSA) is 81.1 Å². The summed E-state index contributed by atoms with van der Waals surface area (Å²) in [5.74, 6) is 1.18. The van der Waals surface area contributed by atoms with Crippen molar-refractivity contribution in [3.05, 3.63) is 17.8 Å². The Kier molecular flexibility index (Phi) is 2.32. The second-order valence-electron chi connectivity index (χ2n) is 2.54. The summed E-state index contributed by atoms with van der Waals surface area (Å²) < 4.78 is 5.16. The molecule has 0 fully saturated rings. The first-order valence-electron chi connectivity index (χ1n) is 3.58. The lowest BCUT2D eigenvalue weighted by Gasteiger charge is -2.06. The predicted molar refractivity (Wildman–Crippen MR) is 42.4 cm³/mol. The van der Waals surface area contributed by atoms with Crippen LogP contribution in [0.2, 0.25) is 0 Å². The number of nitrogens with two attached hydrogens (primary N) is 1. The van der Waals surface area contributed by atoms with E-state index < -0.39 is 6.03 Å². The van der Waals surface area contributed by atoms with E-state index in [1.54, 1.807) is 20.0 Å². The molecule has 1 atom stereocenters. The Morgan fingerprint density at radius 3 is 2.92 bits per heavy atom. The van der Waals surface area contributed by atoms with Gasteiger partial charge in [-0.1, -0.05) is 0 Å². The molecule has 0 spiro atoms. The summed E-state index contributed by atoms with van der Waals surface area (Å²) in [4.78, 5) is 14.4. The van der Waals surface area contributed by atoms with Gasteiger partial charge in [-0.05, 0) is 13.8 Å². The Balaban J connectivity index is 2.64. The Labute approximate surface area is 70.0 Å². The van der Waals surface area contributed by atoms with Gasteiger partial charge in [0.15, 0.2) is 0 Å². The summed E-state index contributed by atoms with van der Waals surface area (Å²) in [7, 11) is 0. The van der Waals surface area contributed by atoms with Gasteiger partial charge in [-0.2, -0.15) is 0 Å². The maximum absolute atomic E-state index is 10.4. The van der Waals surface area contributed by atoms with E-state index in [0.717, 1.165) is 0 Å². The normalized spacial score (nSPS) is 12.5. The number of nitrogens with zero attached hydrogens (tertiary/aromatic N) is 1. The van der Waals surface area contributed by atoms with E-state index in [4.69, 9.17) is 10.2 Å². The minimum atomic E-state index is -0.585. The molecule has 1 unspecified atom stereocenters. The van der Waals surface area contributed by atoms with E-state index in [9.17, 15) is 4.79 Å². The number of carbonyl (C=O) groups is 1. The number of hydrogen-bond acceptors (Lipinski definition) is 3. The van der Waals surface area contributed by atoms with Crippen LogP contribution in [-0.4, -0.2) is 11.0 Å². The van der Waals surface area contributed by atoms with Crippen molar-refractivity contribution >= 4 is 6.03 Å². The number of nitrogens with one attached hydrogen (secondary N) is 1. The van der Waals surface area contributed by atoms with Crippen LogP contribution in [0.1, 0.15) is 24.6 Å². The van der Waals surface area contributed by atoms with Gasteiger partial charge in [0.2, 0.25) is 5.89 Å². The summed E-state index contributed by atoms with van der Waals surface area (Å²) in [6.07, 6.45) is 1.59. The lowest BCUT2D eigenvalue weighted by Crippen LogP contribution is -2.31. The highest BCUT2D eigenvalue weighted by atomic mass is 16.4. The fourth-order valence-corrected chi connectivity index (χ4v) is 0.847. The summed E-state index contributed by atoms with van der Waals surface area (Å²) >= 11 is 0. The van der Waals surface area contributed by atoms with Crippen LogP contribution in [0.3, 0.4) is 0 Å². The molecule has 66 valence electrons. The average Bonchev–Trinajstić information content (AvgIpc) is 2.34. The van der Waals surface area contributed by atoms with Crippen LogP contribution in [0.15, 0.2) is 10.6 Å². The first kappa shape index (κ1) is 8.58. The van der Waals surface area contributed by atoms with E-state index in [1.807, 2.05) is 0 Å². The van der Waals surface area contributed by atoms with Crippen molar-refractivity contribution in [2.75, 3.05) is 0 Å². The maximum atomic E-state index is 10.4. The first-order valence-corrected chi connectivity index (χ1v) is 3.58. The van der Waals surface area contributed by atoms with Gasteiger partial charge in [0.25, 0.3) is 0 Å². The van der Waals surface area contributed by atoms with Crippen molar-refractivity contribution in [1.29, 1.82) is 0 Å². The highest BCUT2D eigenvalue weighted by molar-refractivity contribution is 5.71. The molecule has 1 rings (SSSR count). The zero-order valence-electron chi connectivity index (χ0n) is 7.00. The number of primary amides is 1. The van der Waals surface area contributed by atoms with Crippen molar-refractivity contribution in [3.63, 3.8) is 0 Å². The molecule has 0 aromatic carbocycles. The summed E-state index contributed by atoms with van der Waals surface area (Å²) in [5.41, 5.74) is 4.92. The number of urea groups is 1. The molecule has 0 saturated heterocycles. The standard InChI is InChI=1S/C7H11N3O2/c1-4-3-9-6(12-4)5(2)10-7(8)11/h3,5H,1-2H3,(H3,8,10,11). The molecule has 1 aromatic heterocycles. The molecule has 1 heterocycles. The summed E-state index contributed by atoms with van der Waals surface area (Å²) in [6.45, 7) is 3.53. The number of rotatable bonds is 2. The third-order valence-electron chi connectivity index (χ3n) is 1.37. The minimum Gasteiger partial charge on any atom is -0.444 e. The van der Waals surface area contributed by atoms with E-state index in [-0.39, 0.29) is 6.04 Å². The number of aryl methyl sites for hydroxylation is 1. The van der Waals surface area contributed by atoms with Crippen molar-refractivity contribution < 1.29 is 9.21 Å². The molecule has 2 amide bonds. The van der Waals surface area contributed by atoms with Crippen molar-refractivity contribution in [3.8, 4) is 0 Å². The van der Waals surface area contributed by atoms with Gasteiger partial charge in [0, 0.05) is 0 Å². The smallest absolute Gasteiger partial charge is 0.312 e. The Bertz CT molecular complexity index is 282. The van der Waals surface area contributed by atoms with Crippen LogP contribution in [0.4, 0.5) is 4.79 Å². The van der Waals surface area contributed by atoms with E-state index >= 15 is 0 Å². The van der Waals surface area contributed by atoms with Gasteiger partial charge in [0.1, 0.15) is 11.8 Å². The van der Waals surface area contributed by atoms with Crippen molar-refractivity contribution in [1.82, 2.24) is 10.3 Å². The Hall–Kier alpha value is -1.52. The molecule has 0 radical (unpaired) electrons. The fourth-order valence-electron chi connectivity index (χ4n) is 0.847. The van der Waals surface area contributed by atoms with Crippen LogP contribution >= 0.6 is 0 Å². The van der Waals surface area contributed by atoms with Crippen LogP contribution in [0.5, 0.6) is 0 Å². The van der Waals surface area contributed by atoms with Gasteiger partial charge < -0.3 is 15.5 Å². The molecule has 3 N–H and O–H groups in total. The highest BCUT2D eigenvalue weighted by Gasteiger charge is 2.11. The highest BCUT2D eigenvalue weighted by Crippen LogP contribution is 2.10. The van der Waals surface area contributed by atoms with Crippen LogP contribution in [-0.2, 0) is 0 Å². The molecule has 0 aliphatic carbocycles. The van der Waals surface area contributed by atoms with E-state index in [2.05, 4.69) is 10.3 Å². The minimum absolute atomic E-state index is 0.281. The van der Waals surface area contributed by atoms with E-state index in [0.29, 0.717) is 11.7 Å². The number of oxazole rings is 1. The molecular formula is C7H11N3O2. The van der Waals surface area contributed by atoms with Gasteiger partial charge in [-0.25, -0.2) is 9.78 Å². The molecular weight excluding hydrogens is 158 g/mol. The maximum Gasteiger partial charge on any atom is 0.312 e. The summed E-state index contributed by atoms with van der Waals surface area (Å²) in [5, 5.41) is 2.45. The quantitative estimate of drug-likeness (QED) is 0.684. The van der Waals surface area contributed by atoms with Gasteiger partial charge in [0.05, 0.1) is 6.20 Å². The zero-order chi connectivity index (χ0) is 9.14. The van der Waals surface area contributed by atoms with Crippen LogP contribution in [0.25, 0.3) is 0 Å². The lowest BCUT2D eigenvalue weighted by molar-refractivity contribution is 0.243. The third kappa shape index (κ3) is 1.98. The Morgan fingerprint density at radius 1 is 1.83 bits per heavy atom. The summed E-state index contributed by atoms with van der Waals surface area (Å²) in [6, 6.07) is -0.866. The monoisotopic (exact) mass is 169 g/mol. The third-order valence-corrected chi connectivity index (χ3v) is 1.37. The fraction of sp³-hybridized carbons (Fsp3) is 0.429. The lowest BCUT2D eigenvalue weighted by atomic mass is 10.3. The molecule has 1 aromatic rings. The molecule has 12 heavy (non-hydrogen) atoms.